The number of nitrogens with zero attached hydrogens (tertiary/aromatic N) is 1. The largest absolute Gasteiger partial charge is 0.493 e. The number of fused-ring (bicyclic) bond motifs is 3. The molecule has 1 atom stereocenters. The minimum Gasteiger partial charge on any atom is -0.493 e. The number of hydrogen-bond donors (Lipinski definition) is 1. The molecule has 3 heterocycles. The molecule has 3 aliphatic rings. The van der Waals surface area contributed by atoms with Gasteiger partial charge in [-0.05, 0) is 44.0 Å². The number of carbonyl (C=O) groups is 1. The Hall–Kier alpha value is -1.53. The Labute approximate surface area is 151 Å². The maximum absolute atomic E-state index is 12.9. The van der Waals surface area contributed by atoms with Crippen LogP contribution in [-0.2, 0) is 0 Å². The highest BCUT2D eigenvalue weighted by atomic mass is 79.9. The highest BCUT2D eigenvalue weighted by molar-refractivity contribution is 9.10. The number of benzene rings is 1. The molecule has 2 bridgehead atoms. The summed E-state index contributed by atoms with van der Waals surface area (Å²) in [6, 6.07) is 3.78. The number of halogens is 1. The van der Waals surface area contributed by atoms with Gasteiger partial charge in [0, 0.05) is 17.1 Å². The Morgan fingerprint density at radius 2 is 2.21 bits per heavy atom. The van der Waals surface area contributed by atoms with Gasteiger partial charge in [0.25, 0.3) is 5.91 Å². The molecule has 24 heavy (non-hydrogen) atoms. The number of ether oxygens (including phenoxy) is 2. The molecule has 3 aliphatic heterocycles. The van der Waals surface area contributed by atoms with E-state index in [4.69, 9.17) is 9.47 Å². The van der Waals surface area contributed by atoms with Crippen LogP contribution in [0.3, 0.4) is 0 Å². The van der Waals surface area contributed by atoms with E-state index in [9.17, 15) is 4.79 Å². The second-order valence-electron chi connectivity index (χ2n) is 6.30. The third kappa shape index (κ3) is 3.59. The van der Waals surface area contributed by atoms with Crippen LogP contribution >= 0.6 is 15.9 Å². The lowest BCUT2D eigenvalue weighted by molar-refractivity contribution is 0.0618. The molecule has 0 aromatic heterocycles. The molecule has 0 unspecified atom stereocenters. The maximum atomic E-state index is 12.9. The molecule has 1 aromatic rings. The molecule has 0 radical (unpaired) electrons. The lowest BCUT2D eigenvalue weighted by Gasteiger charge is -2.44. The summed E-state index contributed by atoms with van der Waals surface area (Å²) in [5.74, 6) is 1.45. The summed E-state index contributed by atoms with van der Waals surface area (Å²) in [5, 5.41) is 3.20. The number of piperidine rings is 3. The first-order valence-electron chi connectivity index (χ1n) is 8.26. The van der Waals surface area contributed by atoms with Crippen LogP contribution in [0.1, 0.15) is 23.2 Å². The predicted octanol–water partition coefficient (Wildman–Crippen LogP) is 2.85. The number of methoxy groups -OCH3 is 1. The summed E-state index contributed by atoms with van der Waals surface area (Å²) < 4.78 is 11.9. The van der Waals surface area contributed by atoms with Crippen molar-refractivity contribution in [1.82, 2.24) is 10.2 Å². The van der Waals surface area contributed by atoms with Crippen molar-refractivity contribution in [3.05, 3.63) is 34.8 Å². The van der Waals surface area contributed by atoms with Crippen molar-refractivity contribution in [1.29, 1.82) is 0 Å². The summed E-state index contributed by atoms with van der Waals surface area (Å²) in [4.78, 5) is 15.3. The number of rotatable bonds is 6. The van der Waals surface area contributed by atoms with E-state index >= 15 is 0 Å². The van der Waals surface area contributed by atoms with E-state index < -0.39 is 0 Å². The smallest absolute Gasteiger partial charge is 0.255 e. The first kappa shape index (κ1) is 17.3. The van der Waals surface area contributed by atoms with Crippen molar-refractivity contribution in [2.24, 2.45) is 5.92 Å². The van der Waals surface area contributed by atoms with Gasteiger partial charge in [-0.3, -0.25) is 4.79 Å². The van der Waals surface area contributed by atoms with E-state index in [1.54, 1.807) is 25.3 Å². The van der Waals surface area contributed by atoms with Crippen LogP contribution in [0, 0.1) is 5.92 Å². The third-order valence-electron chi connectivity index (χ3n) is 4.80. The molecule has 0 saturated carbocycles. The summed E-state index contributed by atoms with van der Waals surface area (Å²) in [6.07, 6.45) is 3.97. The van der Waals surface area contributed by atoms with Gasteiger partial charge in [-0.2, -0.15) is 0 Å². The molecule has 0 aliphatic carbocycles. The third-order valence-corrected chi connectivity index (χ3v) is 5.26. The highest BCUT2D eigenvalue weighted by Crippen LogP contribution is 2.35. The van der Waals surface area contributed by atoms with Crippen LogP contribution in [-0.4, -0.2) is 50.2 Å². The lowest BCUT2D eigenvalue weighted by Crippen LogP contribution is -2.57. The molecule has 1 N–H and O–H groups in total. The number of hydrogen-bond acceptors (Lipinski definition) is 4. The molecule has 3 fully saturated rings. The second kappa shape index (κ2) is 7.57. The highest BCUT2D eigenvalue weighted by Gasteiger charge is 2.35. The van der Waals surface area contributed by atoms with Gasteiger partial charge in [0.05, 0.1) is 12.7 Å². The number of carbonyl (C=O) groups excluding carboxylic acids is 1. The zero-order valence-corrected chi connectivity index (χ0v) is 15.5. The van der Waals surface area contributed by atoms with Crippen LogP contribution in [0.4, 0.5) is 0 Å². The SMILES string of the molecule is C=CCOc1c(OC)cc(Br)cc1C(=O)N[C@@H]1CN2CCC1CC2. The van der Waals surface area contributed by atoms with E-state index in [2.05, 4.69) is 32.7 Å². The summed E-state index contributed by atoms with van der Waals surface area (Å²) in [6.45, 7) is 7.21. The Balaban J connectivity index is 1.82. The average molecular weight is 395 g/mol. The standard InChI is InChI=1S/C18H23BrN2O3/c1-3-8-24-17-14(9-13(19)10-16(17)23-2)18(22)20-15-11-21-6-4-12(15)5-7-21/h3,9-10,12,15H,1,4-8,11H2,2H3,(H,20,22)/t15-/m1/s1. The molecule has 5 nitrogen and oxygen atoms in total. The van der Waals surface area contributed by atoms with Gasteiger partial charge in [0.1, 0.15) is 6.61 Å². The molecular formula is C18H23BrN2O3. The topological polar surface area (TPSA) is 50.8 Å². The van der Waals surface area contributed by atoms with Crippen LogP contribution in [0.5, 0.6) is 11.5 Å². The zero-order valence-electron chi connectivity index (χ0n) is 13.9. The van der Waals surface area contributed by atoms with Crippen LogP contribution in [0.15, 0.2) is 29.3 Å². The first-order valence-corrected chi connectivity index (χ1v) is 9.06. The Morgan fingerprint density at radius 1 is 1.46 bits per heavy atom. The van der Waals surface area contributed by atoms with Gasteiger partial charge in [-0.1, -0.05) is 28.6 Å². The van der Waals surface area contributed by atoms with Gasteiger partial charge in [-0.25, -0.2) is 0 Å². The van der Waals surface area contributed by atoms with Gasteiger partial charge < -0.3 is 19.7 Å². The van der Waals surface area contributed by atoms with Crippen LogP contribution < -0.4 is 14.8 Å². The fourth-order valence-electron chi connectivity index (χ4n) is 3.55. The fourth-order valence-corrected chi connectivity index (χ4v) is 3.99. The van der Waals surface area contributed by atoms with Crippen molar-refractivity contribution < 1.29 is 14.3 Å². The Bertz CT molecular complexity index is 627. The monoisotopic (exact) mass is 394 g/mol. The summed E-state index contributed by atoms with van der Waals surface area (Å²) >= 11 is 3.44. The molecule has 0 spiro atoms. The number of nitrogens with one attached hydrogen (secondary N) is 1. The quantitative estimate of drug-likeness (QED) is 0.753. The predicted molar refractivity (Wildman–Crippen MR) is 96.8 cm³/mol. The van der Waals surface area contributed by atoms with Gasteiger partial charge >= 0.3 is 0 Å². The molecule has 4 rings (SSSR count). The molecule has 130 valence electrons. The zero-order chi connectivity index (χ0) is 17.1. The molecule has 1 amide bonds. The van der Waals surface area contributed by atoms with Crippen LogP contribution in [0.25, 0.3) is 0 Å². The fraction of sp³-hybridized carbons (Fsp3) is 0.500. The van der Waals surface area contributed by atoms with Crippen molar-refractivity contribution in [2.45, 2.75) is 18.9 Å². The molecule has 6 heteroatoms. The molecular weight excluding hydrogens is 372 g/mol. The Morgan fingerprint density at radius 3 is 2.79 bits per heavy atom. The Kier molecular flexibility index (Phi) is 5.46. The average Bonchev–Trinajstić information content (AvgIpc) is 2.60. The van der Waals surface area contributed by atoms with Gasteiger partial charge in [0.2, 0.25) is 0 Å². The van der Waals surface area contributed by atoms with E-state index in [0.717, 1.165) is 36.9 Å². The summed E-state index contributed by atoms with van der Waals surface area (Å²) in [5.41, 5.74) is 0.486. The molecule has 3 saturated heterocycles. The van der Waals surface area contributed by atoms with Crippen molar-refractivity contribution in [3.63, 3.8) is 0 Å². The van der Waals surface area contributed by atoms with Crippen molar-refractivity contribution in [2.75, 3.05) is 33.4 Å². The van der Waals surface area contributed by atoms with E-state index in [1.165, 1.54) is 0 Å². The minimum absolute atomic E-state index is 0.118. The van der Waals surface area contributed by atoms with Crippen molar-refractivity contribution >= 4 is 21.8 Å². The minimum atomic E-state index is -0.118. The van der Waals surface area contributed by atoms with E-state index in [-0.39, 0.29) is 11.9 Å². The second-order valence-corrected chi connectivity index (χ2v) is 7.22. The molecule has 1 aromatic carbocycles. The maximum Gasteiger partial charge on any atom is 0.255 e. The summed E-state index contributed by atoms with van der Waals surface area (Å²) in [7, 11) is 1.57. The normalized spacial score (nSPS) is 25.2. The van der Waals surface area contributed by atoms with Crippen LogP contribution in [0.2, 0.25) is 0 Å². The van der Waals surface area contributed by atoms with Gasteiger partial charge in [0.15, 0.2) is 11.5 Å². The van der Waals surface area contributed by atoms with Gasteiger partial charge in [-0.15, -0.1) is 0 Å². The first-order chi connectivity index (χ1) is 11.6. The number of amides is 1. The lowest BCUT2D eigenvalue weighted by atomic mass is 9.84. The van der Waals surface area contributed by atoms with Crippen molar-refractivity contribution in [3.8, 4) is 11.5 Å². The van der Waals surface area contributed by atoms with E-state index in [0.29, 0.717) is 29.6 Å². The van der Waals surface area contributed by atoms with E-state index in [1.807, 2.05) is 0 Å².